The molecule has 1 aliphatic carbocycles. The lowest BCUT2D eigenvalue weighted by atomic mass is 10.1. The second-order valence-electron chi connectivity index (χ2n) is 5.21. The van der Waals surface area contributed by atoms with Gasteiger partial charge in [-0.25, -0.2) is 4.79 Å². The Morgan fingerprint density at radius 3 is 2.90 bits per heavy atom. The Morgan fingerprint density at radius 1 is 1.52 bits per heavy atom. The van der Waals surface area contributed by atoms with E-state index in [2.05, 4.69) is 21.2 Å². The average molecular weight is 352 g/mol. The van der Waals surface area contributed by atoms with Crippen LogP contribution in [-0.4, -0.2) is 23.0 Å². The van der Waals surface area contributed by atoms with Gasteiger partial charge in [0.2, 0.25) is 5.91 Å². The minimum Gasteiger partial charge on any atom is -0.480 e. The number of carboxylic acids is 1. The minimum absolute atomic E-state index is 0.119. The van der Waals surface area contributed by atoms with E-state index >= 15 is 0 Å². The highest BCUT2D eigenvalue weighted by Gasteiger charge is 2.44. The molecular weight excluding hydrogens is 334 g/mol. The molecule has 3 atom stereocenters. The van der Waals surface area contributed by atoms with Crippen molar-refractivity contribution in [3.05, 3.63) is 46.5 Å². The molecule has 0 heterocycles. The number of aliphatic carboxylic acids is 1. The van der Waals surface area contributed by atoms with Crippen LogP contribution >= 0.6 is 15.9 Å². The summed E-state index contributed by atoms with van der Waals surface area (Å²) in [6.45, 7) is 1.82. The van der Waals surface area contributed by atoms with Gasteiger partial charge in [-0.05, 0) is 43.4 Å². The number of halogens is 1. The SMILES string of the molecule is C/C=C/CC(NC(=O)C1CC1c1cccc(Br)c1)C(=O)O. The first-order valence-corrected chi connectivity index (χ1v) is 7.72. The summed E-state index contributed by atoms with van der Waals surface area (Å²) >= 11 is 3.42. The lowest BCUT2D eigenvalue weighted by Gasteiger charge is -2.12. The first-order chi connectivity index (χ1) is 10.0. The van der Waals surface area contributed by atoms with Gasteiger partial charge in [0.15, 0.2) is 0 Å². The molecule has 1 fully saturated rings. The van der Waals surface area contributed by atoms with Gasteiger partial charge in [-0.15, -0.1) is 0 Å². The van der Waals surface area contributed by atoms with Crippen LogP contribution in [0.4, 0.5) is 0 Å². The van der Waals surface area contributed by atoms with Gasteiger partial charge in [-0.1, -0.05) is 40.2 Å². The molecule has 0 radical (unpaired) electrons. The highest BCUT2D eigenvalue weighted by atomic mass is 79.9. The van der Waals surface area contributed by atoms with Crippen molar-refractivity contribution in [2.24, 2.45) is 5.92 Å². The van der Waals surface area contributed by atoms with Crippen LogP contribution in [-0.2, 0) is 9.59 Å². The third-order valence-corrected chi connectivity index (χ3v) is 4.12. The Kier molecular flexibility index (Phi) is 5.17. The zero-order chi connectivity index (χ0) is 15.4. The van der Waals surface area contributed by atoms with E-state index < -0.39 is 12.0 Å². The fourth-order valence-corrected chi connectivity index (χ4v) is 2.78. The Morgan fingerprint density at radius 2 is 2.29 bits per heavy atom. The van der Waals surface area contributed by atoms with E-state index in [0.29, 0.717) is 6.42 Å². The van der Waals surface area contributed by atoms with Crippen LogP contribution in [0, 0.1) is 5.92 Å². The van der Waals surface area contributed by atoms with Gasteiger partial charge in [0.1, 0.15) is 6.04 Å². The molecule has 0 spiro atoms. The van der Waals surface area contributed by atoms with Gasteiger partial charge in [0.05, 0.1) is 0 Å². The normalized spacial score (nSPS) is 22.0. The van der Waals surface area contributed by atoms with Crippen molar-refractivity contribution < 1.29 is 14.7 Å². The first-order valence-electron chi connectivity index (χ1n) is 6.92. The topological polar surface area (TPSA) is 66.4 Å². The van der Waals surface area contributed by atoms with Crippen molar-refractivity contribution in [2.75, 3.05) is 0 Å². The molecule has 0 aliphatic heterocycles. The predicted octanol–water partition coefficient (Wildman–Crippen LogP) is 3.09. The van der Waals surface area contributed by atoms with E-state index in [1.54, 1.807) is 12.2 Å². The number of hydrogen-bond acceptors (Lipinski definition) is 2. The van der Waals surface area contributed by atoms with Crippen LogP contribution in [0.15, 0.2) is 40.9 Å². The van der Waals surface area contributed by atoms with Crippen molar-refractivity contribution in [1.29, 1.82) is 0 Å². The summed E-state index contributed by atoms with van der Waals surface area (Å²) in [5.74, 6) is -1.09. The largest absolute Gasteiger partial charge is 0.480 e. The summed E-state index contributed by atoms with van der Waals surface area (Å²) < 4.78 is 0.988. The maximum atomic E-state index is 12.1. The number of allylic oxidation sites excluding steroid dienone is 1. The fourth-order valence-electron chi connectivity index (χ4n) is 2.36. The second-order valence-corrected chi connectivity index (χ2v) is 6.12. The lowest BCUT2D eigenvalue weighted by Crippen LogP contribution is -2.41. The molecule has 5 heteroatoms. The van der Waals surface area contributed by atoms with Crippen LogP contribution < -0.4 is 5.32 Å². The van der Waals surface area contributed by atoms with Crippen LogP contribution in [0.1, 0.15) is 31.2 Å². The molecule has 2 rings (SSSR count). The molecule has 112 valence electrons. The molecule has 1 aromatic carbocycles. The highest BCUT2D eigenvalue weighted by molar-refractivity contribution is 9.10. The molecule has 3 unspecified atom stereocenters. The van der Waals surface area contributed by atoms with Crippen molar-refractivity contribution in [2.45, 2.75) is 31.7 Å². The molecule has 2 N–H and O–H groups in total. The molecule has 0 saturated heterocycles. The van der Waals surface area contributed by atoms with Crippen molar-refractivity contribution in [3.63, 3.8) is 0 Å². The number of carbonyl (C=O) groups is 2. The van der Waals surface area contributed by atoms with Crippen molar-refractivity contribution >= 4 is 27.8 Å². The third-order valence-electron chi connectivity index (χ3n) is 3.63. The number of hydrogen-bond donors (Lipinski definition) is 2. The zero-order valence-electron chi connectivity index (χ0n) is 11.8. The number of carbonyl (C=O) groups excluding carboxylic acids is 1. The van der Waals surface area contributed by atoms with Gasteiger partial charge < -0.3 is 10.4 Å². The summed E-state index contributed by atoms with van der Waals surface area (Å²) in [6, 6.07) is 7.04. The Balaban J connectivity index is 1.94. The number of rotatable bonds is 6. The maximum Gasteiger partial charge on any atom is 0.326 e. The van der Waals surface area contributed by atoms with E-state index in [4.69, 9.17) is 5.11 Å². The molecule has 1 saturated carbocycles. The van der Waals surface area contributed by atoms with Gasteiger partial charge in [0, 0.05) is 10.4 Å². The van der Waals surface area contributed by atoms with E-state index in [-0.39, 0.29) is 17.7 Å². The van der Waals surface area contributed by atoms with Crippen LogP contribution in [0.3, 0.4) is 0 Å². The van der Waals surface area contributed by atoms with E-state index in [9.17, 15) is 9.59 Å². The molecule has 21 heavy (non-hydrogen) atoms. The smallest absolute Gasteiger partial charge is 0.326 e. The highest BCUT2D eigenvalue weighted by Crippen LogP contribution is 2.48. The second kappa shape index (κ2) is 6.89. The Labute approximate surface area is 132 Å². The standard InChI is InChI=1S/C16H18BrNO3/c1-2-3-7-14(16(20)21)18-15(19)13-9-12(13)10-5-4-6-11(17)8-10/h2-6,8,12-14H,7,9H2,1H3,(H,18,19)(H,20,21)/b3-2+. The van der Waals surface area contributed by atoms with Crippen LogP contribution in [0.2, 0.25) is 0 Å². The summed E-state index contributed by atoms with van der Waals surface area (Å²) in [6.07, 6.45) is 4.62. The van der Waals surface area contributed by atoms with Crippen molar-refractivity contribution in [3.8, 4) is 0 Å². The number of amides is 1. The maximum absolute atomic E-state index is 12.1. The monoisotopic (exact) mass is 351 g/mol. The summed E-state index contributed by atoms with van der Waals surface area (Å²) in [7, 11) is 0. The molecule has 1 amide bonds. The quantitative estimate of drug-likeness (QED) is 0.774. The molecule has 1 aromatic rings. The molecule has 1 aliphatic rings. The molecular formula is C16H18BrNO3. The number of carboxylic acid groups (broad SMARTS) is 1. The van der Waals surface area contributed by atoms with Crippen molar-refractivity contribution in [1.82, 2.24) is 5.32 Å². The third kappa shape index (κ3) is 4.17. The Hall–Kier alpha value is -1.62. The van der Waals surface area contributed by atoms with Crippen LogP contribution in [0.25, 0.3) is 0 Å². The van der Waals surface area contributed by atoms with Gasteiger partial charge in [-0.3, -0.25) is 4.79 Å². The van der Waals surface area contributed by atoms with E-state index in [1.165, 1.54) is 0 Å². The molecule has 0 aromatic heterocycles. The summed E-state index contributed by atoms with van der Waals surface area (Å²) in [4.78, 5) is 23.3. The number of benzene rings is 1. The van der Waals surface area contributed by atoms with Gasteiger partial charge in [0.25, 0.3) is 0 Å². The fraction of sp³-hybridized carbons (Fsp3) is 0.375. The summed E-state index contributed by atoms with van der Waals surface area (Å²) in [5, 5.41) is 11.7. The molecule has 0 bridgehead atoms. The van der Waals surface area contributed by atoms with Gasteiger partial charge >= 0.3 is 5.97 Å². The average Bonchev–Trinajstić information content (AvgIpc) is 3.23. The zero-order valence-corrected chi connectivity index (χ0v) is 13.3. The number of nitrogens with one attached hydrogen (secondary N) is 1. The predicted molar refractivity (Wildman–Crippen MR) is 84.0 cm³/mol. The van der Waals surface area contributed by atoms with Gasteiger partial charge in [-0.2, -0.15) is 0 Å². The minimum atomic E-state index is -0.999. The molecule has 4 nitrogen and oxygen atoms in total. The van der Waals surface area contributed by atoms with E-state index in [0.717, 1.165) is 16.5 Å². The first kappa shape index (κ1) is 15.8. The van der Waals surface area contributed by atoms with E-state index in [1.807, 2.05) is 31.2 Å². The Bertz CT molecular complexity index is 570. The van der Waals surface area contributed by atoms with Crippen LogP contribution in [0.5, 0.6) is 0 Å². The summed E-state index contributed by atoms with van der Waals surface area (Å²) in [5.41, 5.74) is 1.12. The lowest BCUT2D eigenvalue weighted by molar-refractivity contribution is -0.141.